The zero-order valence-corrected chi connectivity index (χ0v) is 14.4. The van der Waals surface area contributed by atoms with Gasteiger partial charge in [-0.2, -0.15) is 4.98 Å². The fourth-order valence-corrected chi connectivity index (χ4v) is 3.32. The molecule has 5 heteroatoms. The second-order valence-corrected chi connectivity index (χ2v) is 7.75. The summed E-state index contributed by atoms with van der Waals surface area (Å²) in [7, 11) is 0. The van der Waals surface area contributed by atoms with Gasteiger partial charge in [0.05, 0.1) is 6.04 Å². The van der Waals surface area contributed by atoms with Crippen molar-refractivity contribution in [1.82, 2.24) is 15.5 Å². The summed E-state index contributed by atoms with van der Waals surface area (Å²) in [5, 5.41) is 7.94. The molecule has 1 aromatic heterocycles. The van der Waals surface area contributed by atoms with Gasteiger partial charge in [0.25, 0.3) is 0 Å². The molecule has 2 aliphatic carbocycles. The summed E-state index contributed by atoms with van der Waals surface area (Å²) in [6, 6.07) is 11.1. The van der Waals surface area contributed by atoms with Gasteiger partial charge in [-0.1, -0.05) is 49.3 Å². The third kappa shape index (κ3) is 2.98. The minimum atomic E-state index is -0.180. The van der Waals surface area contributed by atoms with Crippen LogP contribution in [0.25, 0.3) is 0 Å². The molecule has 24 heavy (non-hydrogen) atoms. The lowest BCUT2D eigenvalue weighted by Crippen LogP contribution is -2.30. The summed E-state index contributed by atoms with van der Waals surface area (Å²) in [6.07, 6.45) is 3.47. The Hall–Kier alpha value is -1.72. The second-order valence-electron chi connectivity index (χ2n) is 7.75. The largest absolute Gasteiger partial charge is 0.338 e. The van der Waals surface area contributed by atoms with Crippen LogP contribution in [0.4, 0.5) is 0 Å². The Bertz CT molecular complexity index is 692. The molecule has 1 aromatic carbocycles. The maximum Gasteiger partial charge on any atom is 0.243 e. The monoisotopic (exact) mass is 326 g/mol. The molecule has 5 nitrogen and oxygen atoms in total. The molecule has 1 heterocycles. The first-order valence-electron chi connectivity index (χ1n) is 8.97. The standard InChI is InChI=1S/C19H26N4O/c1-12(2)16(20)17-22-18(23-24-17)19(8-9-19)11-21-15-10-14(15)13-6-4-3-5-7-13/h3-7,12,14-16,21H,8-11,20H2,1-2H3/t14-,15+,16-/m0/s1. The molecule has 2 fully saturated rings. The van der Waals surface area contributed by atoms with Crippen LogP contribution in [0.1, 0.15) is 62.3 Å². The van der Waals surface area contributed by atoms with Gasteiger partial charge in [-0.3, -0.25) is 0 Å². The van der Waals surface area contributed by atoms with E-state index in [1.807, 2.05) is 0 Å². The molecule has 4 rings (SSSR count). The Labute approximate surface area is 143 Å². The van der Waals surface area contributed by atoms with E-state index in [-0.39, 0.29) is 11.5 Å². The molecule has 0 unspecified atom stereocenters. The van der Waals surface area contributed by atoms with E-state index in [1.54, 1.807) is 0 Å². The van der Waals surface area contributed by atoms with Crippen molar-refractivity contribution in [2.75, 3.05) is 6.54 Å². The predicted octanol–water partition coefficient (Wildman–Crippen LogP) is 2.90. The van der Waals surface area contributed by atoms with Crippen molar-refractivity contribution in [3.63, 3.8) is 0 Å². The van der Waals surface area contributed by atoms with E-state index < -0.39 is 0 Å². The molecule has 0 bridgehead atoms. The topological polar surface area (TPSA) is 77.0 Å². The van der Waals surface area contributed by atoms with Gasteiger partial charge in [0, 0.05) is 23.9 Å². The highest BCUT2D eigenvalue weighted by atomic mass is 16.5. The van der Waals surface area contributed by atoms with Gasteiger partial charge in [-0.25, -0.2) is 0 Å². The quantitative estimate of drug-likeness (QED) is 0.818. The molecule has 2 aromatic rings. The first-order valence-corrected chi connectivity index (χ1v) is 8.97. The molecule has 0 aliphatic heterocycles. The Morgan fingerprint density at radius 2 is 2.04 bits per heavy atom. The summed E-state index contributed by atoms with van der Waals surface area (Å²) in [5.74, 6) is 2.35. The third-order valence-electron chi connectivity index (χ3n) is 5.49. The Morgan fingerprint density at radius 1 is 1.29 bits per heavy atom. The minimum Gasteiger partial charge on any atom is -0.338 e. The van der Waals surface area contributed by atoms with Crippen molar-refractivity contribution in [3.8, 4) is 0 Å². The minimum absolute atomic E-state index is 0.0578. The molecule has 3 atom stereocenters. The molecule has 2 saturated carbocycles. The van der Waals surface area contributed by atoms with Crippen LogP contribution in [0.3, 0.4) is 0 Å². The lowest BCUT2D eigenvalue weighted by molar-refractivity contribution is 0.320. The van der Waals surface area contributed by atoms with E-state index in [1.165, 1.54) is 12.0 Å². The average Bonchev–Trinajstić information content (AvgIpc) is 3.50. The van der Waals surface area contributed by atoms with E-state index in [4.69, 9.17) is 10.3 Å². The van der Waals surface area contributed by atoms with Crippen LogP contribution in [0.5, 0.6) is 0 Å². The van der Waals surface area contributed by atoms with Crippen molar-refractivity contribution in [2.24, 2.45) is 11.7 Å². The van der Waals surface area contributed by atoms with Crippen molar-refractivity contribution in [1.29, 1.82) is 0 Å². The number of nitrogens with one attached hydrogen (secondary N) is 1. The van der Waals surface area contributed by atoms with Crippen LogP contribution in [0.15, 0.2) is 34.9 Å². The van der Waals surface area contributed by atoms with Crippen LogP contribution in [0, 0.1) is 5.92 Å². The summed E-state index contributed by atoms with van der Waals surface area (Å²) < 4.78 is 5.41. The zero-order chi connectivity index (χ0) is 16.7. The van der Waals surface area contributed by atoms with Gasteiger partial charge in [0.15, 0.2) is 5.82 Å². The van der Waals surface area contributed by atoms with Crippen LogP contribution in [-0.2, 0) is 5.41 Å². The van der Waals surface area contributed by atoms with Crippen molar-refractivity contribution in [2.45, 2.75) is 56.5 Å². The first-order chi connectivity index (χ1) is 11.6. The molecular formula is C19H26N4O. The fourth-order valence-electron chi connectivity index (χ4n) is 3.32. The SMILES string of the molecule is CC(C)[C@H](N)c1nc(C2(CN[C@@H]3C[C@H]3c3ccccc3)CC2)no1. The molecule has 128 valence electrons. The highest BCUT2D eigenvalue weighted by molar-refractivity contribution is 5.28. The maximum absolute atomic E-state index is 6.12. The number of hydrogen-bond donors (Lipinski definition) is 2. The predicted molar refractivity (Wildman–Crippen MR) is 92.6 cm³/mol. The van der Waals surface area contributed by atoms with Gasteiger partial charge < -0.3 is 15.6 Å². The van der Waals surface area contributed by atoms with Gasteiger partial charge in [-0.15, -0.1) is 0 Å². The van der Waals surface area contributed by atoms with Crippen molar-refractivity contribution >= 4 is 0 Å². The molecule has 0 saturated heterocycles. The number of nitrogens with two attached hydrogens (primary N) is 1. The summed E-state index contributed by atoms with van der Waals surface area (Å²) in [5.41, 5.74) is 7.61. The molecule has 0 spiro atoms. The summed E-state index contributed by atoms with van der Waals surface area (Å²) in [6.45, 7) is 5.07. The lowest BCUT2D eigenvalue weighted by atomic mass is 10.0. The number of rotatable bonds is 7. The van der Waals surface area contributed by atoms with Crippen LogP contribution in [0.2, 0.25) is 0 Å². The van der Waals surface area contributed by atoms with Crippen LogP contribution in [-0.4, -0.2) is 22.7 Å². The Morgan fingerprint density at radius 3 is 2.71 bits per heavy atom. The smallest absolute Gasteiger partial charge is 0.243 e. The van der Waals surface area contributed by atoms with E-state index >= 15 is 0 Å². The second kappa shape index (κ2) is 5.97. The lowest BCUT2D eigenvalue weighted by Gasteiger charge is -2.12. The van der Waals surface area contributed by atoms with E-state index in [0.29, 0.717) is 23.8 Å². The molecule has 3 N–H and O–H groups in total. The highest BCUT2D eigenvalue weighted by Crippen LogP contribution is 2.48. The normalized spacial score (nSPS) is 25.7. The van der Waals surface area contributed by atoms with Crippen LogP contribution < -0.4 is 11.1 Å². The Balaban J connectivity index is 1.36. The average molecular weight is 326 g/mol. The molecule has 0 radical (unpaired) electrons. The van der Waals surface area contributed by atoms with E-state index in [2.05, 4.69) is 59.6 Å². The zero-order valence-electron chi connectivity index (χ0n) is 14.4. The van der Waals surface area contributed by atoms with Crippen molar-refractivity contribution < 1.29 is 4.52 Å². The van der Waals surface area contributed by atoms with E-state index in [9.17, 15) is 0 Å². The molecule has 2 aliphatic rings. The van der Waals surface area contributed by atoms with Gasteiger partial charge in [0.2, 0.25) is 5.89 Å². The Kier molecular flexibility index (Phi) is 3.93. The summed E-state index contributed by atoms with van der Waals surface area (Å²) >= 11 is 0. The highest BCUT2D eigenvalue weighted by Gasteiger charge is 2.50. The maximum atomic E-state index is 6.12. The number of nitrogens with zero attached hydrogens (tertiary/aromatic N) is 2. The first kappa shape index (κ1) is 15.8. The fraction of sp³-hybridized carbons (Fsp3) is 0.579. The van der Waals surface area contributed by atoms with Crippen molar-refractivity contribution in [3.05, 3.63) is 47.6 Å². The third-order valence-corrected chi connectivity index (χ3v) is 5.49. The number of hydrogen-bond acceptors (Lipinski definition) is 5. The number of aromatic nitrogens is 2. The van der Waals surface area contributed by atoms with Gasteiger partial charge in [0.1, 0.15) is 0 Å². The molecular weight excluding hydrogens is 300 g/mol. The van der Waals surface area contributed by atoms with E-state index in [0.717, 1.165) is 25.2 Å². The van der Waals surface area contributed by atoms with Gasteiger partial charge in [-0.05, 0) is 30.7 Å². The molecule has 0 amide bonds. The van der Waals surface area contributed by atoms with Gasteiger partial charge >= 0.3 is 0 Å². The van der Waals surface area contributed by atoms with Crippen LogP contribution >= 0.6 is 0 Å². The number of benzene rings is 1. The summed E-state index contributed by atoms with van der Waals surface area (Å²) in [4.78, 5) is 4.60.